The number of alkyl halides is 3. The summed E-state index contributed by atoms with van der Waals surface area (Å²) in [5.41, 5.74) is -0.607. The van der Waals surface area contributed by atoms with Gasteiger partial charge in [-0.15, -0.1) is 6.42 Å². The molecule has 3 nitrogen and oxygen atoms in total. The number of hydrogen-bond acceptors (Lipinski definition) is 3. The molecular weight excluding hydrogens is 467 g/mol. The minimum Gasteiger partial charge on any atom is -0.454 e. The maximum absolute atomic E-state index is 14.2. The molecule has 0 saturated heterocycles. The lowest BCUT2D eigenvalue weighted by molar-refractivity contribution is -0.149. The van der Waals surface area contributed by atoms with Gasteiger partial charge in [0.15, 0.2) is 17.7 Å². The first kappa shape index (κ1) is 24.6. The molecule has 0 N–H and O–H groups in total. The van der Waals surface area contributed by atoms with Crippen LogP contribution in [-0.4, -0.2) is 12.1 Å². The Labute approximate surface area is 192 Å². The molecule has 3 rings (SSSR count). The van der Waals surface area contributed by atoms with Crippen molar-refractivity contribution in [3.63, 3.8) is 0 Å². The van der Waals surface area contributed by atoms with Crippen LogP contribution in [0.1, 0.15) is 25.5 Å². The first-order valence-electron chi connectivity index (χ1n) is 9.68. The molecule has 0 bridgehead atoms. The first-order chi connectivity index (χ1) is 15.3. The molecule has 3 atom stereocenters. The Hall–Kier alpha value is -3.05. The highest BCUT2D eigenvalue weighted by molar-refractivity contribution is 6.30. The number of halogens is 6. The maximum Gasteiger partial charge on any atom is 0.426 e. The molecule has 174 valence electrons. The number of benzene rings is 2. The van der Waals surface area contributed by atoms with Gasteiger partial charge in [0.1, 0.15) is 16.6 Å². The summed E-state index contributed by atoms with van der Waals surface area (Å²) in [6.07, 6.45) is 0.322. The molecule has 1 fully saturated rings. The summed E-state index contributed by atoms with van der Waals surface area (Å²) in [6, 6.07) is 8.45. The lowest BCUT2D eigenvalue weighted by Gasteiger charge is -2.15. The van der Waals surface area contributed by atoms with Gasteiger partial charge in [0.05, 0.1) is 5.92 Å². The second-order valence-corrected chi connectivity index (χ2v) is 8.47. The van der Waals surface area contributed by atoms with E-state index in [0.29, 0.717) is 0 Å². The predicted octanol–water partition coefficient (Wildman–Crippen LogP) is 6.93. The summed E-state index contributed by atoms with van der Waals surface area (Å²) in [4.78, 5) is 12.7. The fraction of sp³-hybridized carbons (Fsp3) is 0.292. The van der Waals surface area contributed by atoms with Crippen molar-refractivity contribution in [2.75, 3.05) is 0 Å². The van der Waals surface area contributed by atoms with E-state index in [1.54, 1.807) is 13.8 Å². The van der Waals surface area contributed by atoms with Gasteiger partial charge >= 0.3 is 12.1 Å². The highest BCUT2D eigenvalue weighted by Gasteiger charge is 2.62. The van der Waals surface area contributed by atoms with Crippen LogP contribution in [0.25, 0.3) is 0 Å². The molecule has 0 aliphatic heterocycles. The number of hydrogen-bond donors (Lipinski definition) is 0. The van der Waals surface area contributed by atoms with Gasteiger partial charge < -0.3 is 9.47 Å². The van der Waals surface area contributed by atoms with E-state index < -0.39 is 52.2 Å². The molecule has 2 aromatic carbocycles. The summed E-state index contributed by atoms with van der Waals surface area (Å²) in [5.74, 6) is -1.52. The van der Waals surface area contributed by atoms with Gasteiger partial charge in [-0.1, -0.05) is 43.5 Å². The van der Waals surface area contributed by atoms with E-state index in [1.807, 2.05) is 0 Å². The van der Waals surface area contributed by atoms with Crippen molar-refractivity contribution in [2.24, 2.45) is 17.3 Å². The third-order valence-electron chi connectivity index (χ3n) is 5.45. The molecule has 2 aromatic rings. The molecule has 33 heavy (non-hydrogen) atoms. The average Bonchev–Trinajstić information content (AvgIpc) is 3.28. The number of ether oxygens (including phenoxy) is 2. The average molecular weight is 485 g/mol. The number of esters is 1. The van der Waals surface area contributed by atoms with Gasteiger partial charge in [-0.3, -0.25) is 4.79 Å². The first-order valence-corrected chi connectivity index (χ1v) is 10.1. The Morgan fingerprint density at radius 2 is 1.82 bits per heavy atom. The summed E-state index contributed by atoms with van der Waals surface area (Å²) in [6.45, 7) is 3.22. The van der Waals surface area contributed by atoms with Crippen molar-refractivity contribution in [1.29, 1.82) is 0 Å². The third kappa shape index (κ3) is 5.48. The van der Waals surface area contributed by atoms with Crippen molar-refractivity contribution in [1.82, 2.24) is 0 Å². The zero-order chi connectivity index (χ0) is 24.6. The molecule has 0 aromatic heterocycles. The molecule has 1 aliphatic carbocycles. The highest BCUT2D eigenvalue weighted by Crippen LogP contribution is 2.60. The van der Waals surface area contributed by atoms with Crippen LogP contribution in [0.5, 0.6) is 11.5 Å². The van der Waals surface area contributed by atoms with E-state index in [4.69, 9.17) is 27.5 Å². The molecular formula is C24H18ClF5O3. The predicted molar refractivity (Wildman–Crippen MR) is 111 cm³/mol. The van der Waals surface area contributed by atoms with E-state index in [-0.39, 0.29) is 17.1 Å². The third-order valence-corrected chi connectivity index (χ3v) is 5.79. The van der Waals surface area contributed by atoms with Crippen LogP contribution in [-0.2, 0) is 9.53 Å². The van der Waals surface area contributed by atoms with Crippen molar-refractivity contribution >= 4 is 17.6 Å². The lowest BCUT2D eigenvalue weighted by Crippen LogP contribution is -2.15. The molecule has 1 aliphatic rings. The van der Waals surface area contributed by atoms with Gasteiger partial charge in [-0.05, 0) is 47.7 Å². The number of carbonyl (C=O) groups is 1. The summed E-state index contributed by atoms with van der Waals surface area (Å²) in [7, 11) is 0. The Morgan fingerprint density at radius 3 is 2.39 bits per heavy atom. The van der Waals surface area contributed by atoms with Crippen molar-refractivity contribution in [3.8, 4) is 23.8 Å². The van der Waals surface area contributed by atoms with Crippen LogP contribution in [0.15, 0.2) is 53.6 Å². The Bertz CT molecular complexity index is 1120. The second-order valence-electron chi connectivity index (χ2n) is 8.07. The fourth-order valence-electron chi connectivity index (χ4n) is 3.47. The number of carbonyl (C=O) groups excluding carboxylic acids is 1. The zero-order valence-corrected chi connectivity index (χ0v) is 18.2. The molecule has 0 heterocycles. The van der Waals surface area contributed by atoms with Gasteiger partial charge in [0, 0.05) is 5.56 Å². The molecule has 0 amide bonds. The van der Waals surface area contributed by atoms with Gasteiger partial charge in [-0.2, -0.15) is 13.2 Å². The quantitative estimate of drug-likeness (QED) is 0.253. The normalized spacial score (nSPS) is 20.5. The zero-order valence-electron chi connectivity index (χ0n) is 17.4. The Kier molecular flexibility index (Phi) is 6.75. The minimum absolute atomic E-state index is 0.164. The maximum atomic E-state index is 14.2. The lowest BCUT2D eigenvalue weighted by atomic mass is 10.1. The summed E-state index contributed by atoms with van der Waals surface area (Å²) in [5, 5.41) is -1.31. The standard InChI is InChI=1S/C24H18ClF5O3/c1-4-18(33-22(31)21-16(23(21,2)3)12-20(25)24(28,29)30)13-5-10-17(27)19(11-13)32-15-8-6-14(26)7-9-15/h1,5-12,16,18,21H,2-3H3. The van der Waals surface area contributed by atoms with Crippen molar-refractivity contribution in [2.45, 2.75) is 26.1 Å². The number of terminal acetylenes is 1. The van der Waals surface area contributed by atoms with Crippen LogP contribution in [0, 0.1) is 41.2 Å². The SMILES string of the molecule is C#CC(OC(=O)C1C(C=C(Cl)C(F)(F)F)C1(C)C)c1ccc(F)c(Oc2ccc(F)cc2)c1. The van der Waals surface area contributed by atoms with Crippen molar-refractivity contribution in [3.05, 3.63) is 70.8 Å². The van der Waals surface area contributed by atoms with E-state index in [9.17, 15) is 26.7 Å². The van der Waals surface area contributed by atoms with Gasteiger partial charge in [0.25, 0.3) is 0 Å². The van der Waals surface area contributed by atoms with E-state index >= 15 is 0 Å². The fourth-order valence-corrected chi connectivity index (χ4v) is 3.61. The number of rotatable bonds is 6. The molecule has 0 radical (unpaired) electrons. The number of allylic oxidation sites excluding steroid dienone is 2. The molecule has 1 saturated carbocycles. The summed E-state index contributed by atoms with van der Waals surface area (Å²) < 4.78 is 76.3. The summed E-state index contributed by atoms with van der Waals surface area (Å²) >= 11 is 5.31. The largest absolute Gasteiger partial charge is 0.454 e. The van der Waals surface area contributed by atoms with Gasteiger partial charge in [-0.25, -0.2) is 8.78 Å². The monoisotopic (exact) mass is 484 g/mol. The molecule has 0 spiro atoms. The van der Waals surface area contributed by atoms with E-state index in [0.717, 1.165) is 24.3 Å². The minimum atomic E-state index is -4.72. The Morgan fingerprint density at radius 1 is 1.18 bits per heavy atom. The molecule has 9 heteroatoms. The smallest absolute Gasteiger partial charge is 0.426 e. The molecule has 3 unspecified atom stereocenters. The van der Waals surface area contributed by atoms with Crippen LogP contribution < -0.4 is 4.74 Å². The van der Waals surface area contributed by atoms with Crippen LogP contribution in [0.3, 0.4) is 0 Å². The van der Waals surface area contributed by atoms with Crippen molar-refractivity contribution < 1.29 is 36.2 Å². The van der Waals surface area contributed by atoms with Crippen LogP contribution in [0.4, 0.5) is 22.0 Å². The Balaban J connectivity index is 1.76. The van der Waals surface area contributed by atoms with Crippen LogP contribution >= 0.6 is 11.6 Å². The van der Waals surface area contributed by atoms with Gasteiger partial charge in [0.2, 0.25) is 0 Å². The van der Waals surface area contributed by atoms with Crippen LogP contribution in [0.2, 0.25) is 0 Å². The van der Waals surface area contributed by atoms with E-state index in [1.165, 1.54) is 24.3 Å². The van der Waals surface area contributed by atoms with E-state index in [2.05, 4.69) is 5.92 Å². The topological polar surface area (TPSA) is 35.5 Å². The highest BCUT2D eigenvalue weighted by atomic mass is 35.5. The second kappa shape index (κ2) is 9.06.